The second-order valence-corrected chi connectivity index (χ2v) is 15.9. The first-order valence-electron chi connectivity index (χ1n) is 19.3. The van der Waals surface area contributed by atoms with Crippen LogP contribution < -0.4 is 14.5 Å². The largest absolute Gasteiger partial charge is 0.508 e. The number of carbonyl (C=O) groups is 1. The average molecular weight is 752 g/mol. The Morgan fingerprint density at radius 2 is 2.00 bits per heavy atom. The molecule has 0 saturated carbocycles. The monoisotopic (exact) mass is 751 g/mol. The molecule has 2 aromatic carbocycles. The predicted molar refractivity (Wildman–Crippen MR) is 204 cm³/mol. The van der Waals surface area contributed by atoms with Crippen LogP contribution in [0.4, 0.5) is 20.3 Å². The molecule has 5 aliphatic rings. The van der Waals surface area contributed by atoms with Crippen LogP contribution in [-0.2, 0) is 22.5 Å². The van der Waals surface area contributed by atoms with Crippen molar-refractivity contribution in [3.8, 4) is 30.2 Å². The fraction of sp³-hybridized carbons (Fsp3) is 0.524. The summed E-state index contributed by atoms with van der Waals surface area (Å²) in [5, 5.41) is 22.0. The fourth-order valence-electron chi connectivity index (χ4n) is 9.97. The minimum absolute atomic E-state index is 0.0283. The highest BCUT2D eigenvalue weighted by Crippen LogP contribution is 2.43. The molecule has 4 fully saturated rings. The van der Waals surface area contributed by atoms with Gasteiger partial charge in [0.15, 0.2) is 0 Å². The third-order valence-corrected chi connectivity index (χ3v) is 12.7. The van der Waals surface area contributed by atoms with E-state index >= 15 is 8.78 Å². The maximum Gasteiger partial charge on any atom is 0.318 e. The number of aromatic nitrogens is 2. The van der Waals surface area contributed by atoms with E-state index in [1.54, 1.807) is 23.1 Å². The first kappa shape index (κ1) is 37.0. The molecule has 11 nitrogen and oxygen atoms in total. The van der Waals surface area contributed by atoms with Crippen LogP contribution in [0, 0.1) is 41.3 Å². The Balaban J connectivity index is 1.18. The Bertz CT molecular complexity index is 2090. The van der Waals surface area contributed by atoms with Crippen LogP contribution in [-0.4, -0.2) is 107 Å². The van der Waals surface area contributed by atoms with Gasteiger partial charge in [0.05, 0.1) is 47.4 Å². The number of carbonyl (C=O) groups excluding carboxylic acids is 1. The van der Waals surface area contributed by atoms with Crippen LogP contribution in [0.3, 0.4) is 0 Å². The zero-order valence-electron chi connectivity index (χ0n) is 31.4. The number of piperazine rings is 1. The summed E-state index contributed by atoms with van der Waals surface area (Å²) in [4.78, 5) is 31.3. The number of benzene rings is 2. The Morgan fingerprint density at radius 3 is 2.73 bits per heavy atom. The molecule has 3 aromatic rings. The molecular weight excluding hydrogens is 705 g/mol. The summed E-state index contributed by atoms with van der Waals surface area (Å²) >= 11 is 0. The first-order valence-corrected chi connectivity index (χ1v) is 19.3. The molecule has 8 rings (SSSR count). The molecule has 1 aromatic heterocycles. The van der Waals surface area contributed by atoms with Gasteiger partial charge in [0.25, 0.3) is 0 Å². The molecule has 5 atom stereocenters. The van der Waals surface area contributed by atoms with Gasteiger partial charge in [0, 0.05) is 74.6 Å². The number of alkyl halides is 1. The third-order valence-electron chi connectivity index (χ3n) is 12.7. The van der Waals surface area contributed by atoms with Gasteiger partial charge in [-0.15, -0.1) is 6.42 Å². The number of aromatic hydroxyl groups is 1. The summed E-state index contributed by atoms with van der Waals surface area (Å²) in [6, 6.07) is 8.33. The molecule has 2 bridgehead atoms. The van der Waals surface area contributed by atoms with E-state index < -0.39 is 17.5 Å². The molecule has 13 heteroatoms. The van der Waals surface area contributed by atoms with Crippen LogP contribution in [0.2, 0.25) is 0 Å². The van der Waals surface area contributed by atoms with Gasteiger partial charge < -0.3 is 29.3 Å². The first-order chi connectivity index (χ1) is 26.5. The van der Waals surface area contributed by atoms with Crippen molar-refractivity contribution < 1.29 is 28.2 Å². The normalized spacial score (nSPS) is 26.9. The molecule has 4 saturated heterocycles. The standard InChI is InChI=1S/C42H47F2N7O4/c1-5-32-34(44)8-7-26-16-31(52)17-36(39(26)32)48-12-9-33-35(22-48)46-41(47-40(33)49-21-30-15-27(19-45)37(23-49)51(30)38(53)6-2)55-24-42(25(3)4)18-28(43)20-50(42)29-10-13-54-14-11-29/h1,6-8,16-17,25,27-30,37,52H,2,9-15,18,20-24H2,3-4H3/t27?,28-,30-,37-,42+/m1/s1. The van der Waals surface area contributed by atoms with Crippen molar-refractivity contribution in [1.82, 2.24) is 19.8 Å². The smallest absolute Gasteiger partial charge is 0.318 e. The van der Waals surface area contributed by atoms with Crippen molar-refractivity contribution in [1.29, 1.82) is 5.26 Å². The maximum absolute atomic E-state index is 15.4. The van der Waals surface area contributed by atoms with Gasteiger partial charge in [-0.25, -0.2) is 8.78 Å². The van der Waals surface area contributed by atoms with E-state index in [4.69, 9.17) is 25.9 Å². The van der Waals surface area contributed by atoms with Gasteiger partial charge in [-0.3, -0.25) is 9.69 Å². The third kappa shape index (κ3) is 6.41. The van der Waals surface area contributed by atoms with Gasteiger partial charge in [-0.1, -0.05) is 32.4 Å². The zero-order chi connectivity index (χ0) is 38.6. The van der Waals surface area contributed by atoms with Gasteiger partial charge in [-0.2, -0.15) is 15.2 Å². The van der Waals surface area contributed by atoms with E-state index in [-0.39, 0.29) is 59.8 Å². The number of rotatable bonds is 8. The van der Waals surface area contributed by atoms with Crippen LogP contribution in [0.25, 0.3) is 10.8 Å². The Hall–Kier alpha value is -4.98. The Morgan fingerprint density at radius 1 is 1.20 bits per heavy atom. The lowest BCUT2D eigenvalue weighted by molar-refractivity contribution is -0.129. The van der Waals surface area contributed by atoms with Crippen LogP contribution in [0.1, 0.15) is 56.4 Å². The summed E-state index contributed by atoms with van der Waals surface area (Å²) < 4.78 is 42.8. The molecule has 1 unspecified atom stereocenters. The topological polar surface area (TPSA) is 118 Å². The number of amides is 1. The molecule has 0 radical (unpaired) electrons. The van der Waals surface area contributed by atoms with E-state index in [9.17, 15) is 15.2 Å². The van der Waals surface area contributed by atoms with Gasteiger partial charge in [0.2, 0.25) is 5.91 Å². The second-order valence-electron chi connectivity index (χ2n) is 15.9. The average Bonchev–Trinajstić information content (AvgIpc) is 3.66. The zero-order valence-corrected chi connectivity index (χ0v) is 31.4. The number of halogens is 2. The minimum Gasteiger partial charge on any atom is -0.508 e. The highest BCUT2D eigenvalue weighted by Gasteiger charge is 2.52. The molecule has 55 heavy (non-hydrogen) atoms. The second kappa shape index (κ2) is 14.6. The summed E-state index contributed by atoms with van der Waals surface area (Å²) in [5.41, 5.74) is 1.74. The SMILES string of the molecule is C#Cc1c(F)ccc2cc(O)cc(N3CCc4c(nc(OC[C@]5(C(C)C)C[C@@H](F)CN5C5CCOCC5)nc4N4C[C@H]5CC(C#N)[C@@H](C4)N5C(=O)C=C)C3)c12. The minimum atomic E-state index is -0.990. The highest BCUT2D eigenvalue weighted by atomic mass is 19.1. The number of hydrogen-bond acceptors (Lipinski definition) is 10. The summed E-state index contributed by atoms with van der Waals surface area (Å²) in [6.45, 7) is 11.4. The number of ether oxygens (including phenoxy) is 2. The number of likely N-dealkylation sites (tertiary alicyclic amines) is 1. The van der Waals surface area contributed by atoms with E-state index in [1.807, 2.05) is 4.90 Å². The quantitative estimate of drug-likeness (QED) is 0.245. The Kier molecular flexibility index (Phi) is 9.81. The molecule has 1 N–H and O–H groups in total. The van der Waals surface area contributed by atoms with E-state index in [0.717, 1.165) is 18.4 Å². The van der Waals surface area contributed by atoms with Crippen molar-refractivity contribution in [3.63, 3.8) is 0 Å². The highest BCUT2D eigenvalue weighted by molar-refractivity contribution is 6.00. The predicted octanol–water partition coefficient (Wildman–Crippen LogP) is 5.13. The molecule has 1 amide bonds. The van der Waals surface area contributed by atoms with Gasteiger partial charge >= 0.3 is 6.01 Å². The number of anilines is 2. The van der Waals surface area contributed by atoms with E-state index in [0.29, 0.717) is 93.2 Å². The Labute approximate surface area is 320 Å². The van der Waals surface area contributed by atoms with Crippen LogP contribution in [0.5, 0.6) is 11.8 Å². The fourth-order valence-corrected chi connectivity index (χ4v) is 9.97. The maximum atomic E-state index is 15.4. The molecule has 0 aliphatic carbocycles. The molecule has 0 spiro atoms. The van der Waals surface area contributed by atoms with Crippen molar-refractivity contribution in [2.75, 3.05) is 55.8 Å². The number of fused-ring (bicyclic) bond motifs is 4. The lowest BCUT2D eigenvalue weighted by Crippen LogP contribution is -2.57. The van der Waals surface area contributed by atoms with Crippen LogP contribution >= 0.6 is 0 Å². The number of phenolic OH excluding ortho intramolecular Hbond substituents is 1. The van der Waals surface area contributed by atoms with Crippen molar-refractivity contribution in [2.45, 2.75) is 82.3 Å². The van der Waals surface area contributed by atoms with Crippen molar-refractivity contribution in [3.05, 3.63) is 59.6 Å². The summed E-state index contributed by atoms with van der Waals surface area (Å²) in [7, 11) is 0. The van der Waals surface area contributed by atoms with E-state index in [1.165, 1.54) is 12.1 Å². The van der Waals surface area contributed by atoms with Gasteiger partial charge in [-0.05, 0) is 55.2 Å². The lowest BCUT2D eigenvalue weighted by Gasteiger charge is -2.46. The number of hydrogen-bond donors (Lipinski definition) is 1. The summed E-state index contributed by atoms with van der Waals surface area (Å²) in [6.07, 6.45) is 9.22. The molecule has 5 aliphatic heterocycles. The van der Waals surface area contributed by atoms with E-state index in [2.05, 4.69) is 42.2 Å². The lowest BCUT2D eigenvalue weighted by atomic mass is 9.83. The number of phenols is 1. The van der Waals surface area contributed by atoms with Crippen molar-refractivity contribution >= 4 is 28.2 Å². The number of nitrogens with zero attached hydrogens (tertiary/aromatic N) is 7. The molecular formula is C42H47F2N7O4. The van der Waals surface area contributed by atoms with Crippen molar-refractivity contribution in [2.24, 2.45) is 11.8 Å². The number of nitriles is 1. The molecule has 288 valence electrons. The number of terminal acetylenes is 1. The van der Waals surface area contributed by atoms with Gasteiger partial charge in [0.1, 0.15) is 30.2 Å². The summed E-state index contributed by atoms with van der Waals surface area (Å²) in [5.74, 6) is 2.26. The van der Waals surface area contributed by atoms with Crippen LogP contribution in [0.15, 0.2) is 36.9 Å². The molecule has 6 heterocycles.